The maximum atomic E-state index is 13.9. The van der Waals surface area contributed by atoms with Gasteiger partial charge >= 0.3 is 0 Å². The molecule has 6 heteroatoms. The van der Waals surface area contributed by atoms with Gasteiger partial charge in [-0.25, -0.2) is 8.78 Å². The molecule has 22 heavy (non-hydrogen) atoms. The molecule has 114 valence electrons. The van der Waals surface area contributed by atoms with Crippen molar-refractivity contribution in [3.05, 3.63) is 59.7 Å². The molecule has 0 radical (unpaired) electrons. The molecule has 0 heterocycles. The van der Waals surface area contributed by atoms with Gasteiger partial charge in [-0.05, 0) is 30.3 Å². The van der Waals surface area contributed by atoms with E-state index in [9.17, 15) is 18.4 Å². The maximum Gasteiger partial charge on any atom is 0.221 e. The quantitative estimate of drug-likeness (QED) is 0.671. The highest BCUT2D eigenvalue weighted by molar-refractivity contribution is 8.00. The van der Waals surface area contributed by atoms with Crippen LogP contribution in [0, 0.1) is 11.6 Å². The molecule has 2 aromatic rings. The predicted octanol–water partition coefficient (Wildman–Crippen LogP) is 3.90. The fraction of sp³-hybridized carbons (Fsp3) is 0.125. The summed E-state index contributed by atoms with van der Waals surface area (Å²) in [6, 6.07) is 9.93. The van der Waals surface area contributed by atoms with Crippen LogP contribution in [-0.2, 0) is 4.79 Å². The van der Waals surface area contributed by atoms with E-state index in [0.29, 0.717) is 4.90 Å². The molecule has 0 saturated carbocycles. The van der Waals surface area contributed by atoms with Crippen LogP contribution < -0.4 is 5.32 Å². The smallest absolute Gasteiger partial charge is 0.221 e. The molecule has 1 amide bonds. The standard InChI is InChI=1S/C16H13F2NO2S/c1-10(20)19-11-6-7-12(14(18)8-11)15(21)9-22-16-5-3-2-4-13(16)17/h2-8H,9H2,1H3,(H,19,20). The Hall–Kier alpha value is -2.21. The summed E-state index contributed by atoms with van der Waals surface area (Å²) in [7, 11) is 0. The average molecular weight is 321 g/mol. The molecule has 0 aliphatic rings. The van der Waals surface area contributed by atoms with Crippen LogP contribution in [0.15, 0.2) is 47.4 Å². The lowest BCUT2D eigenvalue weighted by Crippen LogP contribution is -2.09. The van der Waals surface area contributed by atoms with Gasteiger partial charge in [0.05, 0.1) is 11.3 Å². The fourth-order valence-electron chi connectivity index (χ4n) is 1.81. The number of thioether (sulfide) groups is 1. The molecule has 0 aromatic heterocycles. The lowest BCUT2D eigenvalue weighted by molar-refractivity contribution is -0.114. The number of halogens is 2. The number of Topliss-reactive ketones (excluding diaryl/α,β-unsaturated/α-hetero) is 1. The van der Waals surface area contributed by atoms with Gasteiger partial charge in [0.25, 0.3) is 0 Å². The van der Waals surface area contributed by atoms with Gasteiger partial charge in [0.2, 0.25) is 5.91 Å². The molecule has 0 fully saturated rings. The summed E-state index contributed by atoms with van der Waals surface area (Å²) in [4.78, 5) is 23.2. The molecule has 2 aromatic carbocycles. The molecule has 0 unspecified atom stereocenters. The minimum Gasteiger partial charge on any atom is -0.326 e. The zero-order valence-electron chi connectivity index (χ0n) is 11.7. The van der Waals surface area contributed by atoms with Crippen LogP contribution >= 0.6 is 11.8 Å². The van der Waals surface area contributed by atoms with Gasteiger partial charge in [-0.3, -0.25) is 9.59 Å². The molecule has 0 saturated heterocycles. The van der Waals surface area contributed by atoms with Crippen LogP contribution in [0.2, 0.25) is 0 Å². The highest BCUT2D eigenvalue weighted by atomic mass is 32.2. The van der Waals surface area contributed by atoms with Gasteiger partial charge in [0.1, 0.15) is 11.6 Å². The number of ketones is 1. The second-order valence-corrected chi connectivity index (χ2v) is 5.54. The van der Waals surface area contributed by atoms with Crippen molar-refractivity contribution in [2.45, 2.75) is 11.8 Å². The highest BCUT2D eigenvalue weighted by Crippen LogP contribution is 2.23. The minimum atomic E-state index is -0.717. The van der Waals surface area contributed by atoms with Crippen molar-refractivity contribution >= 4 is 29.1 Å². The van der Waals surface area contributed by atoms with Gasteiger partial charge in [-0.15, -0.1) is 11.8 Å². The summed E-state index contributed by atoms with van der Waals surface area (Å²) in [5.74, 6) is -1.97. The Morgan fingerprint density at radius 1 is 1.09 bits per heavy atom. The van der Waals surface area contributed by atoms with Crippen LogP contribution in [0.4, 0.5) is 14.5 Å². The van der Waals surface area contributed by atoms with Gasteiger partial charge in [0, 0.05) is 17.5 Å². The van der Waals surface area contributed by atoms with Gasteiger partial charge in [0.15, 0.2) is 5.78 Å². The number of hydrogen-bond acceptors (Lipinski definition) is 3. The number of benzene rings is 2. The Morgan fingerprint density at radius 2 is 1.82 bits per heavy atom. The largest absolute Gasteiger partial charge is 0.326 e. The summed E-state index contributed by atoms with van der Waals surface area (Å²) in [5, 5.41) is 2.43. The van der Waals surface area contributed by atoms with Crippen LogP contribution in [0.1, 0.15) is 17.3 Å². The first kappa shape index (κ1) is 16.2. The zero-order valence-corrected chi connectivity index (χ0v) is 12.5. The van der Waals surface area contributed by atoms with E-state index < -0.39 is 17.4 Å². The molecule has 0 atom stereocenters. The molecular formula is C16H13F2NO2S. The average Bonchev–Trinajstić information content (AvgIpc) is 2.45. The van der Waals surface area contributed by atoms with E-state index in [1.54, 1.807) is 18.2 Å². The lowest BCUT2D eigenvalue weighted by Gasteiger charge is -2.06. The third-order valence-electron chi connectivity index (χ3n) is 2.79. The van der Waals surface area contributed by atoms with E-state index in [1.807, 2.05) is 0 Å². The van der Waals surface area contributed by atoms with Gasteiger partial charge < -0.3 is 5.32 Å². The maximum absolute atomic E-state index is 13.9. The topological polar surface area (TPSA) is 46.2 Å². The van der Waals surface area contributed by atoms with Gasteiger partial charge in [-0.1, -0.05) is 12.1 Å². The molecule has 0 bridgehead atoms. The summed E-state index contributed by atoms with van der Waals surface area (Å²) >= 11 is 1.01. The molecule has 1 N–H and O–H groups in total. The number of hydrogen-bond donors (Lipinski definition) is 1. The zero-order chi connectivity index (χ0) is 16.1. The number of nitrogens with one attached hydrogen (secondary N) is 1. The monoisotopic (exact) mass is 321 g/mol. The number of carbonyl (C=O) groups excluding carboxylic acids is 2. The third kappa shape index (κ3) is 4.14. The second-order valence-electron chi connectivity index (χ2n) is 4.52. The Bertz CT molecular complexity index is 719. The predicted molar refractivity (Wildman–Crippen MR) is 82.2 cm³/mol. The van der Waals surface area contributed by atoms with E-state index in [1.165, 1.54) is 25.1 Å². The van der Waals surface area contributed by atoms with Crippen molar-refractivity contribution in [3.8, 4) is 0 Å². The Labute approximate surface area is 130 Å². The van der Waals surface area contributed by atoms with Crippen LogP contribution in [0.25, 0.3) is 0 Å². The molecule has 2 rings (SSSR count). The van der Waals surface area contributed by atoms with Crippen LogP contribution in [0.5, 0.6) is 0 Å². The van der Waals surface area contributed by atoms with E-state index in [0.717, 1.165) is 17.8 Å². The Kier molecular flexibility index (Phi) is 5.27. The van der Waals surface area contributed by atoms with Gasteiger partial charge in [-0.2, -0.15) is 0 Å². The van der Waals surface area contributed by atoms with Crippen molar-refractivity contribution in [2.24, 2.45) is 0 Å². The van der Waals surface area contributed by atoms with Crippen molar-refractivity contribution in [1.29, 1.82) is 0 Å². The number of amides is 1. The summed E-state index contributed by atoms with van der Waals surface area (Å²) in [6.45, 7) is 1.31. The normalized spacial score (nSPS) is 10.3. The van der Waals surface area contributed by atoms with E-state index in [2.05, 4.69) is 5.32 Å². The molecular weight excluding hydrogens is 308 g/mol. The Morgan fingerprint density at radius 3 is 2.45 bits per heavy atom. The minimum absolute atomic E-state index is 0.0721. The second kappa shape index (κ2) is 7.17. The molecule has 0 spiro atoms. The Balaban J connectivity index is 2.06. The first-order valence-electron chi connectivity index (χ1n) is 6.45. The first-order chi connectivity index (χ1) is 10.5. The number of rotatable bonds is 5. The molecule has 0 aliphatic carbocycles. The summed E-state index contributed by atoms with van der Waals surface area (Å²) < 4.78 is 27.4. The highest BCUT2D eigenvalue weighted by Gasteiger charge is 2.14. The summed E-state index contributed by atoms with van der Waals surface area (Å²) in [5.41, 5.74) is 0.196. The summed E-state index contributed by atoms with van der Waals surface area (Å²) in [6.07, 6.45) is 0. The number of carbonyl (C=O) groups is 2. The number of anilines is 1. The van der Waals surface area contributed by atoms with Crippen LogP contribution in [-0.4, -0.2) is 17.4 Å². The fourth-order valence-corrected chi connectivity index (χ4v) is 2.63. The molecule has 0 aliphatic heterocycles. The van der Waals surface area contributed by atoms with Crippen LogP contribution in [0.3, 0.4) is 0 Å². The van der Waals surface area contributed by atoms with Crippen molar-refractivity contribution in [2.75, 3.05) is 11.1 Å². The van der Waals surface area contributed by atoms with Crippen molar-refractivity contribution in [1.82, 2.24) is 0 Å². The van der Waals surface area contributed by atoms with Crippen molar-refractivity contribution in [3.63, 3.8) is 0 Å². The first-order valence-corrected chi connectivity index (χ1v) is 7.43. The van der Waals surface area contributed by atoms with E-state index in [4.69, 9.17) is 0 Å². The van der Waals surface area contributed by atoms with Crippen molar-refractivity contribution < 1.29 is 18.4 Å². The molecule has 3 nitrogen and oxygen atoms in total. The lowest BCUT2D eigenvalue weighted by atomic mass is 10.1. The van der Waals surface area contributed by atoms with E-state index >= 15 is 0 Å². The van der Waals surface area contributed by atoms with E-state index in [-0.39, 0.29) is 22.9 Å². The SMILES string of the molecule is CC(=O)Nc1ccc(C(=O)CSc2ccccc2F)c(F)c1. The third-order valence-corrected chi connectivity index (χ3v) is 3.83.